The number of aryl methyl sites for hydroxylation is 1. The fraction of sp³-hybridized carbons (Fsp3) is 0.269. The van der Waals surface area contributed by atoms with Gasteiger partial charge in [-0.3, -0.25) is 0 Å². The second-order valence-electron chi connectivity index (χ2n) is 7.68. The van der Waals surface area contributed by atoms with E-state index < -0.39 is 0 Å². The highest BCUT2D eigenvalue weighted by molar-refractivity contribution is 5.87. The fourth-order valence-corrected chi connectivity index (χ4v) is 3.65. The van der Waals surface area contributed by atoms with Gasteiger partial charge in [-0.25, -0.2) is 4.98 Å². The van der Waals surface area contributed by atoms with Gasteiger partial charge >= 0.3 is 0 Å². The maximum absolute atomic E-state index is 5.41. The standard InChI is InChI=1S/C26H29N5O2/c1-32-22-14-13-20(17-23(22)33-2)18-29-25-21-12-8-16-27-24(21)30-26(31-25)28-15-7-6-11-19-9-4-3-5-10-19/h3-5,8-10,12-14,16-17H,6-7,11,15,18H2,1-2H3,(H2,27,28,29,30,31). The lowest BCUT2D eigenvalue weighted by molar-refractivity contribution is 0.354. The number of nitrogens with zero attached hydrogens (tertiary/aromatic N) is 3. The van der Waals surface area contributed by atoms with Gasteiger partial charge in [-0.2, -0.15) is 9.97 Å². The quantitative estimate of drug-likeness (QED) is 0.313. The number of hydrogen-bond donors (Lipinski definition) is 2. The van der Waals surface area contributed by atoms with Crippen LogP contribution >= 0.6 is 0 Å². The van der Waals surface area contributed by atoms with Crippen LogP contribution in [0.5, 0.6) is 11.5 Å². The maximum atomic E-state index is 5.41. The highest BCUT2D eigenvalue weighted by Gasteiger charge is 2.10. The highest BCUT2D eigenvalue weighted by Crippen LogP contribution is 2.28. The number of unbranched alkanes of at least 4 members (excludes halogenated alkanes) is 1. The Kier molecular flexibility index (Phi) is 7.53. The minimum absolute atomic E-state index is 0.579. The summed E-state index contributed by atoms with van der Waals surface area (Å²) in [6.07, 6.45) is 4.96. The number of rotatable bonds is 11. The van der Waals surface area contributed by atoms with Gasteiger partial charge in [-0.15, -0.1) is 0 Å². The van der Waals surface area contributed by atoms with E-state index in [0.29, 0.717) is 29.6 Å². The molecule has 2 heterocycles. The van der Waals surface area contributed by atoms with Crippen molar-refractivity contribution in [2.75, 3.05) is 31.4 Å². The van der Waals surface area contributed by atoms with Crippen LogP contribution in [0, 0.1) is 0 Å². The lowest BCUT2D eigenvalue weighted by atomic mass is 10.1. The fourth-order valence-electron chi connectivity index (χ4n) is 3.65. The van der Waals surface area contributed by atoms with Crippen LogP contribution in [0.15, 0.2) is 66.9 Å². The monoisotopic (exact) mass is 443 g/mol. The van der Waals surface area contributed by atoms with Crippen molar-refractivity contribution in [1.29, 1.82) is 0 Å². The number of aromatic nitrogens is 3. The number of anilines is 2. The molecule has 0 aliphatic heterocycles. The van der Waals surface area contributed by atoms with Gasteiger partial charge in [0.25, 0.3) is 0 Å². The van der Waals surface area contributed by atoms with Crippen molar-refractivity contribution >= 4 is 22.8 Å². The third kappa shape index (κ3) is 5.88. The zero-order valence-electron chi connectivity index (χ0n) is 19.0. The van der Waals surface area contributed by atoms with Crippen LogP contribution in [0.3, 0.4) is 0 Å². The third-order valence-electron chi connectivity index (χ3n) is 5.40. The molecule has 4 aromatic rings. The maximum Gasteiger partial charge on any atom is 0.226 e. The molecule has 170 valence electrons. The van der Waals surface area contributed by atoms with Gasteiger partial charge < -0.3 is 20.1 Å². The molecule has 0 radical (unpaired) electrons. The van der Waals surface area contributed by atoms with Crippen LogP contribution in [-0.2, 0) is 13.0 Å². The summed E-state index contributed by atoms with van der Waals surface area (Å²) < 4.78 is 10.7. The molecule has 0 aliphatic carbocycles. The van der Waals surface area contributed by atoms with Gasteiger partial charge in [0, 0.05) is 19.3 Å². The molecule has 0 fully saturated rings. The SMILES string of the molecule is COc1ccc(CNc2nc(NCCCCc3ccccc3)nc3ncccc23)cc1OC. The van der Waals surface area contributed by atoms with Crippen molar-refractivity contribution < 1.29 is 9.47 Å². The summed E-state index contributed by atoms with van der Waals surface area (Å²) in [6, 6.07) is 20.3. The molecule has 0 bridgehead atoms. The molecule has 0 unspecified atom stereocenters. The minimum atomic E-state index is 0.579. The number of methoxy groups -OCH3 is 2. The lowest BCUT2D eigenvalue weighted by Gasteiger charge is -2.13. The molecule has 0 saturated heterocycles. The van der Waals surface area contributed by atoms with Crippen LogP contribution in [0.25, 0.3) is 11.0 Å². The van der Waals surface area contributed by atoms with Gasteiger partial charge in [-0.1, -0.05) is 36.4 Å². The zero-order valence-corrected chi connectivity index (χ0v) is 19.0. The van der Waals surface area contributed by atoms with Crippen molar-refractivity contribution in [3.8, 4) is 11.5 Å². The third-order valence-corrected chi connectivity index (χ3v) is 5.40. The molecule has 7 nitrogen and oxygen atoms in total. The zero-order chi connectivity index (χ0) is 22.9. The van der Waals surface area contributed by atoms with E-state index in [1.54, 1.807) is 20.4 Å². The van der Waals surface area contributed by atoms with Crippen LogP contribution in [0.2, 0.25) is 0 Å². The van der Waals surface area contributed by atoms with E-state index in [0.717, 1.165) is 42.6 Å². The highest BCUT2D eigenvalue weighted by atomic mass is 16.5. The molecule has 0 atom stereocenters. The smallest absolute Gasteiger partial charge is 0.226 e. The predicted molar refractivity (Wildman–Crippen MR) is 132 cm³/mol. The Morgan fingerprint density at radius 2 is 1.64 bits per heavy atom. The van der Waals surface area contributed by atoms with Crippen molar-refractivity contribution in [3.63, 3.8) is 0 Å². The molecule has 0 aliphatic rings. The molecule has 0 spiro atoms. The van der Waals surface area contributed by atoms with Crippen LogP contribution in [0.4, 0.5) is 11.8 Å². The van der Waals surface area contributed by atoms with Crippen LogP contribution in [0.1, 0.15) is 24.0 Å². The summed E-state index contributed by atoms with van der Waals surface area (Å²) in [5.41, 5.74) is 3.08. The van der Waals surface area contributed by atoms with Crippen molar-refractivity contribution in [2.24, 2.45) is 0 Å². The molecule has 2 aromatic carbocycles. The van der Waals surface area contributed by atoms with Gasteiger partial charge in [0.05, 0.1) is 19.6 Å². The number of hydrogen-bond acceptors (Lipinski definition) is 7. The van der Waals surface area contributed by atoms with Gasteiger partial charge in [0.2, 0.25) is 5.95 Å². The Balaban J connectivity index is 1.41. The molecular formula is C26H29N5O2. The Bertz CT molecular complexity index is 1180. The first kappa shape index (κ1) is 22.3. The summed E-state index contributed by atoms with van der Waals surface area (Å²) >= 11 is 0. The molecule has 2 N–H and O–H groups in total. The first-order chi connectivity index (χ1) is 16.3. The Hall–Kier alpha value is -3.87. The first-order valence-corrected chi connectivity index (χ1v) is 11.1. The Morgan fingerprint density at radius 1 is 0.788 bits per heavy atom. The van der Waals surface area contributed by atoms with E-state index in [4.69, 9.17) is 14.5 Å². The average molecular weight is 444 g/mol. The van der Waals surface area contributed by atoms with Crippen molar-refractivity contribution in [3.05, 3.63) is 78.0 Å². The molecule has 2 aromatic heterocycles. The molecule has 0 amide bonds. The lowest BCUT2D eigenvalue weighted by Crippen LogP contribution is -2.09. The number of fused-ring (bicyclic) bond motifs is 1. The van der Waals surface area contributed by atoms with E-state index >= 15 is 0 Å². The van der Waals surface area contributed by atoms with Gasteiger partial charge in [0.1, 0.15) is 5.82 Å². The van der Waals surface area contributed by atoms with E-state index in [2.05, 4.69) is 44.9 Å². The Morgan fingerprint density at radius 3 is 2.45 bits per heavy atom. The molecule has 0 saturated carbocycles. The van der Waals surface area contributed by atoms with Crippen LogP contribution in [-0.4, -0.2) is 35.7 Å². The largest absolute Gasteiger partial charge is 0.493 e. The number of benzene rings is 2. The van der Waals surface area contributed by atoms with E-state index in [1.807, 2.05) is 36.4 Å². The Labute approximate surface area is 194 Å². The summed E-state index contributed by atoms with van der Waals surface area (Å²) in [5.74, 6) is 2.73. The molecule has 4 rings (SSSR count). The topological polar surface area (TPSA) is 81.2 Å². The second kappa shape index (κ2) is 11.1. The molecule has 7 heteroatoms. The summed E-state index contributed by atoms with van der Waals surface area (Å²) in [7, 11) is 3.27. The number of nitrogens with one attached hydrogen (secondary N) is 2. The van der Waals surface area contributed by atoms with E-state index in [9.17, 15) is 0 Å². The first-order valence-electron chi connectivity index (χ1n) is 11.1. The van der Waals surface area contributed by atoms with E-state index in [-0.39, 0.29) is 0 Å². The number of pyridine rings is 1. The van der Waals surface area contributed by atoms with Crippen LogP contribution < -0.4 is 20.1 Å². The summed E-state index contributed by atoms with van der Waals surface area (Å²) in [4.78, 5) is 13.7. The van der Waals surface area contributed by atoms with E-state index in [1.165, 1.54) is 5.56 Å². The molecular weight excluding hydrogens is 414 g/mol. The number of ether oxygens (including phenoxy) is 2. The van der Waals surface area contributed by atoms with Gasteiger partial charge in [0.15, 0.2) is 17.1 Å². The predicted octanol–water partition coefficient (Wildman–Crippen LogP) is 5.09. The minimum Gasteiger partial charge on any atom is -0.493 e. The average Bonchev–Trinajstić information content (AvgIpc) is 2.87. The van der Waals surface area contributed by atoms with Crippen molar-refractivity contribution in [2.45, 2.75) is 25.8 Å². The van der Waals surface area contributed by atoms with Gasteiger partial charge in [-0.05, 0) is 54.7 Å². The normalized spacial score (nSPS) is 10.7. The summed E-state index contributed by atoms with van der Waals surface area (Å²) in [5, 5.41) is 7.67. The molecule has 33 heavy (non-hydrogen) atoms. The summed E-state index contributed by atoms with van der Waals surface area (Å²) in [6.45, 7) is 1.39. The van der Waals surface area contributed by atoms with Crippen molar-refractivity contribution in [1.82, 2.24) is 15.0 Å². The second-order valence-corrected chi connectivity index (χ2v) is 7.68.